The molecule has 3 amide bonds. The fourth-order valence-electron chi connectivity index (χ4n) is 2.04. The van der Waals surface area contributed by atoms with Gasteiger partial charge in [-0.05, 0) is 13.8 Å². The average Bonchev–Trinajstić information content (AvgIpc) is 2.50. The second-order valence-electron chi connectivity index (χ2n) is 5.10. The lowest BCUT2D eigenvalue weighted by Gasteiger charge is -2.36. The summed E-state index contributed by atoms with van der Waals surface area (Å²) in [5.41, 5.74) is 0. The van der Waals surface area contributed by atoms with Crippen LogP contribution < -0.4 is 5.32 Å². The molecule has 8 heteroatoms. The number of rotatable bonds is 5. The van der Waals surface area contributed by atoms with Crippen molar-refractivity contribution in [3.63, 3.8) is 0 Å². The van der Waals surface area contributed by atoms with Crippen LogP contribution in [0.25, 0.3) is 0 Å². The summed E-state index contributed by atoms with van der Waals surface area (Å²) in [5.74, 6) is -0.995. The van der Waals surface area contributed by atoms with Gasteiger partial charge in [0.05, 0.1) is 6.54 Å². The quantitative estimate of drug-likeness (QED) is 0.698. The normalized spacial score (nSPS) is 17.2. The minimum absolute atomic E-state index is 0.0189. The number of carbonyl (C=O) groups is 3. The first kappa shape index (κ1) is 17.2. The van der Waals surface area contributed by atoms with Gasteiger partial charge in [-0.1, -0.05) is 0 Å². The molecule has 8 nitrogen and oxygen atoms in total. The summed E-state index contributed by atoms with van der Waals surface area (Å²) < 4.78 is 0. The molecule has 1 aliphatic heterocycles. The van der Waals surface area contributed by atoms with Gasteiger partial charge < -0.3 is 20.2 Å². The Bertz CT molecular complexity index is 394. The van der Waals surface area contributed by atoms with E-state index in [0.29, 0.717) is 32.7 Å². The third kappa shape index (κ3) is 4.89. The van der Waals surface area contributed by atoms with E-state index in [1.807, 2.05) is 11.8 Å². The van der Waals surface area contributed by atoms with E-state index in [1.165, 1.54) is 4.90 Å². The zero-order chi connectivity index (χ0) is 16.0. The van der Waals surface area contributed by atoms with E-state index >= 15 is 0 Å². The monoisotopic (exact) mass is 300 g/mol. The molecule has 0 aromatic carbocycles. The van der Waals surface area contributed by atoms with E-state index in [-0.39, 0.29) is 18.5 Å². The largest absolute Gasteiger partial charge is 0.480 e. The molecule has 0 aliphatic carbocycles. The number of hydrogen-bond acceptors (Lipinski definition) is 4. The van der Waals surface area contributed by atoms with Crippen LogP contribution >= 0.6 is 0 Å². The fraction of sp³-hybridized carbons (Fsp3) is 0.769. The van der Waals surface area contributed by atoms with Crippen molar-refractivity contribution in [2.45, 2.75) is 19.9 Å². The highest BCUT2D eigenvalue weighted by Gasteiger charge is 2.27. The third-order valence-electron chi connectivity index (χ3n) is 3.80. The predicted octanol–water partition coefficient (Wildman–Crippen LogP) is -0.735. The van der Waals surface area contributed by atoms with Gasteiger partial charge in [0.2, 0.25) is 5.91 Å². The minimum atomic E-state index is -0.860. The van der Waals surface area contributed by atoms with Crippen molar-refractivity contribution in [3.05, 3.63) is 0 Å². The first-order valence-corrected chi connectivity index (χ1v) is 7.10. The number of likely N-dealkylation sites (N-methyl/N-ethyl adjacent to an activating group) is 1. The van der Waals surface area contributed by atoms with Gasteiger partial charge in [-0.2, -0.15) is 0 Å². The van der Waals surface area contributed by atoms with Gasteiger partial charge in [-0.3, -0.25) is 14.5 Å². The van der Waals surface area contributed by atoms with E-state index in [4.69, 9.17) is 5.11 Å². The first-order chi connectivity index (χ1) is 9.86. The van der Waals surface area contributed by atoms with Gasteiger partial charge >= 0.3 is 12.0 Å². The molecule has 1 heterocycles. The van der Waals surface area contributed by atoms with Crippen LogP contribution in [0, 0.1) is 0 Å². The summed E-state index contributed by atoms with van der Waals surface area (Å²) in [5, 5.41) is 11.5. The number of hydrogen-bond donors (Lipinski definition) is 2. The molecule has 0 radical (unpaired) electrons. The number of urea groups is 1. The van der Waals surface area contributed by atoms with Gasteiger partial charge in [-0.15, -0.1) is 0 Å². The van der Waals surface area contributed by atoms with Gasteiger partial charge in [-0.25, -0.2) is 4.79 Å². The lowest BCUT2D eigenvalue weighted by Crippen LogP contribution is -2.55. The van der Waals surface area contributed by atoms with E-state index in [9.17, 15) is 14.4 Å². The fourth-order valence-corrected chi connectivity index (χ4v) is 2.04. The lowest BCUT2D eigenvalue weighted by molar-refractivity contribution is -0.143. The molecule has 0 aromatic rings. The Morgan fingerprint density at radius 3 is 2.29 bits per heavy atom. The Hall–Kier alpha value is -1.83. The summed E-state index contributed by atoms with van der Waals surface area (Å²) >= 11 is 0. The maximum Gasteiger partial charge on any atom is 0.320 e. The molecule has 1 unspecified atom stereocenters. The van der Waals surface area contributed by atoms with Gasteiger partial charge in [0.15, 0.2) is 0 Å². The summed E-state index contributed by atoms with van der Waals surface area (Å²) in [7, 11) is 1.68. The third-order valence-corrected chi connectivity index (χ3v) is 3.80. The van der Waals surface area contributed by atoms with Crippen LogP contribution in [0.5, 0.6) is 0 Å². The molecular weight excluding hydrogens is 276 g/mol. The predicted molar refractivity (Wildman–Crippen MR) is 77.0 cm³/mol. The van der Waals surface area contributed by atoms with E-state index < -0.39 is 12.0 Å². The van der Waals surface area contributed by atoms with Crippen molar-refractivity contribution < 1.29 is 19.5 Å². The topological polar surface area (TPSA) is 93.2 Å². The summed E-state index contributed by atoms with van der Waals surface area (Å²) in [6.07, 6.45) is 0. The lowest BCUT2D eigenvalue weighted by atomic mass is 10.2. The summed E-state index contributed by atoms with van der Waals surface area (Å²) in [6, 6.07) is -0.828. The zero-order valence-electron chi connectivity index (χ0n) is 12.8. The molecule has 1 fully saturated rings. The summed E-state index contributed by atoms with van der Waals surface area (Å²) in [4.78, 5) is 39.4. The van der Waals surface area contributed by atoms with E-state index in [1.54, 1.807) is 18.9 Å². The molecule has 1 saturated heterocycles. The highest BCUT2D eigenvalue weighted by atomic mass is 16.4. The second kappa shape index (κ2) is 7.82. The van der Waals surface area contributed by atoms with Crippen LogP contribution in [-0.4, -0.2) is 90.1 Å². The number of carboxylic acid groups (broad SMARTS) is 1. The van der Waals surface area contributed by atoms with Crippen molar-refractivity contribution in [2.24, 2.45) is 0 Å². The molecule has 0 saturated carbocycles. The average molecular weight is 300 g/mol. The highest BCUT2D eigenvalue weighted by molar-refractivity contribution is 5.83. The molecule has 0 spiro atoms. The summed E-state index contributed by atoms with van der Waals surface area (Å²) in [6.45, 7) is 6.03. The van der Waals surface area contributed by atoms with Crippen LogP contribution in [0.2, 0.25) is 0 Å². The van der Waals surface area contributed by atoms with Crippen LogP contribution in [0.4, 0.5) is 4.79 Å². The van der Waals surface area contributed by atoms with Crippen molar-refractivity contribution >= 4 is 17.9 Å². The first-order valence-electron chi connectivity index (χ1n) is 7.10. The van der Waals surface area contributed by atoms with Gasteiger partial charge in [0.1, 0.15) is 6.04 Å². The molecule has 2 N–H and O–H groups in total. The number of nitrogens with zero attached hydrogens (tertiary/aromatic N) is 3. The Morgan fingerprint density at radius 1 is 1.24 bits per heavy atom. The number of aliphatic carboxylic acids is 1. The highest BCUT2D eigenvalue weighted by Crippen LogP contribution is 2.06. The van der Waals surface area contributed by atoms with Crippen LogP contribution in [-0.2, 0) is 9.59 Å². The zero-order valence-corrected chi connectivity index (χ0v) is 12.8. The Balaban J connectivity index is 2.35. The number of carboxylic acids is 1. The van der Waals surface area contributed by atoms with Crippen LogP contribution in [0.1, 0.15) is 13.8 Å². The second-order valence-corrected chi connectivity index (χ2v) is 5.10. The smallest absolute Gasteiger partial charge is 0.320 e. The molecule has 0 aromatic heterocycles. The van der Waals surface area contributed by atoms with Crippen molar-refractivity contribution in [3.8, 4) is 0 Å². The standard InChI is InChI=1S/C13H24N4O4/c1-4-15(3)11(18)9-14-13(21)17-7-5-16(6-8-17)10(2)12(19)20/h10H,4-9H2,1-3H3,(H,14,21)(H,19,20). The molecule has 21 heavy (non-hydrogen) atoms. The number of amides is 3. The van der Waals surface area contributed by atoms with Gasteiger partial charge in [0, 0.05) is 39.8 Å². The number of carbonyl (C=O) groups excluding carboxylic acids is 2. The molecule has 0 bridgehead atoms. The van der Waals surface area contributed by atoms with Crippen LogP contribution in [0.15, 0.2) is 0 Å². The Morgan fingerprint density at radius 2 is 1.81 bits per heavy atom. The van der Waals surface area contributed by atoms with Crippen molar-refractivity contribution in [1.82, 2.24) is 20.0 Å². The van der Waals surface area contributed by atoms with E-state index in [2.05, 4.69) is 5.32 Å². The SMILES string of the molecule is CCN(C)C(=O)CNC(=O)N1CCN(C(C)C(=O)O)CC1. The maximum atomic E-state index is 11.9. The molecule has 1 rings (SSSR count). The van der Waals surface area contributed by atoms with E-state index in [0.717, 1.165) is 0 Å². The molecule has 120 valence electrons. The maximum absolute atomic E-state index is 11.9. The van der Waals surface area contributed by atoms with Crippen LogP contribution in [0.3, 0.4) is 0 Å². The minimum Gasteiger partial charge on any atom is -0.480 e. The van der Waals surface area contributed by atoms with Crippen molar-refractivity contribution in [2.75, 3.05) is 46.3 Å². The number of piperazine rings is 1. The molecular formula is C13H24N4O4. The molecule has 1 aliphatic rings. The Kier molecular flexibility index (Phi) is 6.41. The van der Waals surface area contributed by atoms with Crippen molar-refractivity contribution in [1.29, 1.82) is 0 Å². The van der Waals surface area contributed by atoms with Gasteiger partial charge in [0.25, 0.3) is 0 Å². The number of nitrogens with one attached hydrogen (secondary N) is 1. The Labute approximate surface area is 124 Å². The molecule has 1 atom stereocenters.